The van der Waals surface area contributed by atoms with E-state index in [0.717, 1.165) is 6.54 Å². The molecular formula is C11H15NO4. The predicted octanol–water partition coefficient (Wildman–Crippen LogP) is -0.707. The van der Waals surface area contributed by atoms with Crippen LogP contribution in [-0.2, 0) is 20.9 Å². The number of ether oxygens (including phenoxy) is 1. The third-order valence-corrected chi connectivity index (χ3v) is 1.58. The first-order valence-corrected chi connectivity index (χ1v) is 4.94. The predicted molar refractivity (Wildman–Crippen MR) is 54.0 cm³/mol. The number of carboxylic acid groups (broad SMARTS) is 1. The first-order chi connectivity index (χ1) is 7.61. The molecule has 88 valence electrons. The van der Waals surface area contributed by atoms with Crippen LogP contribution >= 0.6 is 0 Å². The molecule has 5 nitrogen and oxygen atoms in total. The van der Waals surface area contributed by atoms with Crippen LogP contribution in [0.2, 0.25) is 0 Å². The van der Waals surface area contributed by atoms with E-state index < -0.39 is 11.9 Å². The average molecular weight is 225 g/mol. The molecular weight excluding hydrogens is 210 g/mol. The van der Waals surface area contributed by atoms with Gasteiger partial charge in [-0.05, 0) is 13.8 Å². The number of carboxylic acids is 1. The van der Waals surface area contributed by atoms with E-state index in [1.807, 2.05) is 18.2 Å². The van der Waals surface area contributed by atoms with E-state index in [1.165, 1.54) is 6.92 Å². The van der Waals surface area contributed by atoms with Crippen molar-refractivity contribution in [2.75, 3.05) is 6.61 Å². The van der Waals surface area contributed by atoms with E-state index >= 15 is 0 Å². The van der Waals surface area contributed by atoms with Gasteiger partial charge in [-0.25, -0.2) is 9.36 Å². The largest absolute Gasteiger partial charge is 0.539 e. The van der Waals surface area contributed by atoms with Gasteiger partial charge in [0.25, 0.3) is 0 Å². The summed E-state index contributed by atoms with van der Waals surface area (Å²) in [6.07, 6.45) is 4.11. The lowest BCUT2D eigenvalue weighted by Crippen LogP contribution is -2.33. The molecule has 0 aliphatic rings. The Labute approximate surface area is 94.3 Å². The maximum absolute atomic E-state index is 9.86. The van der Waals surface area contributed by atoms with Gasteiger partial charge in [-0.1, -0.05) is 6.07 Å². The SMILES string of the molecule is CCOC(=O)C(=O)[O-].CC[n+]1ccccc1. The van der Waals surface area contributed by atoms with Crippen molar-refractivity contribution in [1.82, 2.24) is 0 Å². The topological polar surface area (TPSA) is 70.3 Å². The maximum atomic E-state index is 9.86. The average Bonchev–Trinajstić information content (AvgIpc) is 2.31. The lowest BCUT2D eigenvalue weighted by atomic mass is 10.5. The van der Waals surface area contributed by atoms with Gasteiger partial charge in [0.1, 0.15) is 6.54 Å². The molecule has 1 aromatic rings. The van der Waals surface area contributed by atoms with E-state index in [0.29, 0.717) is 0 Å². The smallest absolute Gasteiger partial charge is 0.354 e. The zero-order chi connectivity index (χ0) is 12.4. The normalized spacial score (nSPS) is 8.62. The molecule has 5 heteroatoms. The third kappa shape index (κ3) is 6.53. The Morgan fingerprint density at radius 2 is 1.75 bits per heavy atom. The number of esters is 1. The summed E-state index contributed by atoms with van der Waals surface area (Å²) in [5, 5.41) is 9.50. The summed E-state index contributed by atoms with van der Waals surface area (Å²) in [5.74, 6) is -3.11. The van der Waals surface area contributed by atoms with Crippen LogP contribution in [0.25, 0.3) is 0 Å². The minimum atomic E-state index is -1.80. The molecule has 0 unspecified atom stereocenters. The molecule has 16 heavy (non-hydrogen) atoms. The summed E-state index contributed by atoms with van der Waals surface area (Å²) >= 11 is 0. The van der Waals surface area contributed by atoms with Gasteiger partial charge in [-0.15, -0.1) is 0 Å². The Morgan fingerprint density at radius 1 is 1.19 bits per heavy atom. The summed E-state index contributed by atoms with van der Waals surface area (Å²) in [4.78, 5) is 19.4. The number of nitrogens with zero attached hydrogens (tertiary/aromatic N) is 1. The molecule has 0 bridgehead atoms. The molecule has 0 aliphatic heterocycles. The number of pyridine rings is 1. The lowest BCUT2D eigenvalue weighted by Gasteiger charge is -1.98. The highest BCUT2D eigenvalue weighted by Gasteiger charge is 1.98. The minimum Gasteiger partial charge on any atom is -0.539 e. The molecule has 0 fully saturated rings. The number of carbonyl (C=O) groups is 2. The molecule has 0 spiro atoms. The number of hydrogen-bond donors (Lipinski definition) is 0. The van der Waals surface area contributed by atoms with Gasteiger partial charge < -0.3 is 14.6 Å². The second-order valence-corrected chi connectivity index (χ2v) is 2.71. The van der Waals surface area contributed by atoms with Crippen LogP contribution in [0.1, 0.15) is 13.8 Å². The van der Waals surface area contributed by atoms with Crippen molar-refractivity contribution in [3.05, 3.63) is 30.6 Å². The number of rotatable bonds is 2. The summed E-state index contributed by atoms with van der Waals surface area (Å²) < 4.78 is 6.13. The first kappa shape index (κ1) is 14.1. The van der Waals surface area contributed by atoms with Crippen molar-refractivity contribution in [2.45, 2.75) is 20.4 Å². The van der Waals surface area contributed by atoms with Gasteiger partial charge in [0.2, 0.25) is 0 Å². The molecule has 0 radical (unpaired) electrons. The van der Waals surface area contributed by atoms with Crippen molar-refractivity contribution in [2.24, 2.45) is 0 Å². The molecule has 0 saturated carbocycles. The Bertz CT molecular complexity index is 324. The Morgan fingerprint density at radius 3 is 2.00 bits per heavy atom. The number of aliphatic carboxylic acids is 1. The fourth-order valence-electron chi connectivity index (χ4n) is 0.835. The van der Waals surface area contributed by atoms with Crippen LogP contribution in [0.4, 0.5) is 0 Å². The molecule has 1 rings (SSSR count). The van der Waals surface area contributed by atoms with E-state index in [1.54, 1.807) is 0 Å². The molecule has 1 heterocycles. The zero-order valence-electron chi connectivity index (χ0n) is 9.38. The molecule has 0 N–H and O–H groups in total. The Hall–Kier alpha value is -1.91. The summed E-state index contributed by atoms with van der Waals surface area (Å²) in [6.45, 7) is 4.76. The standard InChI is InChI=1S/C7H10N.C4H6O4/c1-2-8-6-4-3-5-7-8;1-2-8-4(7)3(5)6/h3-7H,2H2,1H3;2H2,1H3,(H,5,6)/q+1;/p-1. The van der Waals surface area contributed by atoms with Crippen LogP contribution in [0.5, 0.6) is 0 Å². The summed E-state index contributed by atoms with van der Waals surface area (Å²) in [5.41, 5.74) is 0. The monoisotopic (exact) mass is 225 g/mol. The van der Waals surface area contributed by atoms with Crippen molar-refractivity contribution in [3.8, 4) is 0 Å². The molecule has 0 amide bonds. The van der Waals surface area contributed by atoms with Gasteiger partial charge in [-0.2, -0.15) is 0 Å². The Kier molecular flexibility index (Phi) is 7.40. The molecule has 1 aromatic heterocycles. The van der Waals surface area contributed by atoms with Crippen LogP contribution in [0.3, 0.4) is 0 Å². The van der Waals surface area contributed by atoms with Crippen LogP contribution in [-0.4, -0.2) is 18.5 Å². The van der Waals surface area contributed by atoms with Crippen molar-refractivity contribution >= 4 is 11.9 Å². The van der Waals surface area contributed by atoms with Gasteiger partial charge in [0, 0.05) is 12.1 Å². The second kappa shape index (κ2) is 8.40. The van der Waals surface area contributed by atoms with E-state index in [-0.39, 0.29) is 6.61 Å². The lowest BCUT2D eigenvalue weighted by molar-refractivity contribution is -0.693. The van der Waals surface area contributed by atoms with Crippen LogP contribution < -0.4 is 9.67 Å². The van der Waals surface area contributed by atoms with Gasteiger partial charge >= 0.3 is 5.97 Å². The van der Waals surface area contributed by atoms with Crippen LogP contribution in [0, 0.1) is 0 Å². The van der Waals surface area contributed by atoms with E-state index in [9.17, 15) is 14.7 Å². The summed E-state index contributed by atoms with van der Waals surface area (Å²) in [6, 6.07) is 6.08. The quantitative estimate of drug-likeness (QED) is 0.379. The van der Waals surface area contributed by atoms with Gasteiger partial charge in [0.05, 0.1) is 6.61 Å². The molecule has 0 saturated heterocycles. The highest BCUT2D eigenvalue weighted by Crippen LogP contribution is 1.74. The van der Waals surface area contributed by atoms with E-state index in [4.69, 9.17) is 0 Å². The fraction of sp³-hybridized carbons (Fsp3) is 0.364. The van der Waals surface area contributed by atoms with Gasteiger partial charge in [-0.3, -0.25) is 0 Å². The van der Waals surface area contributed by atoms with Crippen LogP contribution in [0.15, 0.2) is 30.6 Å². The highest BCUT2D eigenvalue weighted by atomic mass is 16.6. The maximum Gasteiger partial charge on any atom is 0.354 e. The minimum absolute atomic E-state index is 0.0623. The van der Waals surface area contributed by atoms with Crippen molar-refractivity contribution < 1.29 is 24.0 Å². The fourth-order valence-corrected chi connectivity index (χ4v) is 0.835. The van der Waals surface area contributed by atoms with Crippen molar-refractivity contribution in [1.29, 1.82) is 0 Å². The third-order valence-electron chi connectivity index (χ3n) is 1.58. The highest BCUT2D eigenvalue weighted by molar-refractivity contribution is 6.27. The number of hydrogen-bond acceptors (Lipinski definition) is 4. The van der Waals surface area contributed by atoms with Gasteiger partial charge in [0.15, 0.2) is 18.4 Å². The van der Waals surface area contributed by atoms with E-state index in [2.05, 4.69) is 28.6 Å². The number of aryl methyl sites for hydroxylation is 1. The molecule has 0 atom stereocenters. The number of aromatic nitrogens is 1. The molecule has 0 aliphatic carbocycles. The van der Waals surface area contributed by atoms with Crippen molar-refractivity contribution in [3.63, 3.8) is 0 Å². The first-order valence-electron chi connectivity index (χ1n) is 4.94. The summed E-state index contributed by atoms with van der Waals surface area (Å²) in [7, 11) is 0. The molecule has 0 aromatic carbocycles. The second-order valence-electron chi connectivity index (χ2n) is 2.71. The number of carbonyl (C=O) groups excluding carboxylic acids is 2. The zero-order valence-corrected chi connectivity index (χ0v) is 9.38. The Balaban J connectivity index is 0.000000281.